The molecule has 1 heterocycles. The number of rotatable bonds is 8. The van der Waals surface area contributed by atoms with Crippen molar-refractivity contribution in [2.75, 3.05) is 31.0 Å². The summed E-state index contributed by atoms with van der Waals surface area (Å²) in [5, 5.41) is 5.43. The SMILES string of the molecule is [C-]#[N+]c1cc2c(Oc3ccc(NC(=O)Nc4ccc(F)cc4)c(F)c3)ccnc2cc1OCCOC. The fourth-order valence-corrected chi connectivity index (χ4v) is 3.27. The first-order chi connectivity index (χ1) is 17.5. The second kappa shape index (κ2) is 11.1. The first-order valence-electron chi connectivity index (χ1n) is 10.7. The summed E-state index contributed by atoms with van der Waals surface area (Å²) in [6.07, 6.45) is 1.53. The van der Waals surface area contributed by atoms with Crippen LogP contribution in [0.5, 0.6) is 17.2 Å². The smallest absolute Gasteiger partial charge is 0.323 e. The molecule has 10 heteroatoms. The largest absolute Gasteiger partial charge is 0.502 e. The van der Waals surface area contributed by atoms with E-state index in [0.717, 1.165) is 6.07 Å². The fraction of sp³-hybridized carbons (Fsp3) is 0.115. The van der Waals surface area contributed by atoms with Crippen LogP contribution in [0.3, 0.4) is 0 Å². The molecule has 36 heavy (non-hydrogen) atoms. The Morgan fingerprint density at radius 1 is 1.00 bits per heavy atom. The molecule has 0 unspecified atom stereocenters. The van der Waals surface area contributed by atoms with Crippen LogP contribution in [0.4, 0.5) is 30.6 Å². The van der Waals surface area contributed by atoms with Crippen molar-refractivity contribution in [2.45, 2.75) is 0 Å². The molecule has 0 radical (unpaired) electrons. The highest BCUT2D eigenvalue weighted by Gasteiger charge is 2.13. The van der Waals surface area contributed by atoms with Gasteiger partial charge in [-0.1, -0.05) is 0 Å². The van der Waals surface area contributed by atoms with Gasteiger partial charge in [-0.05, 0) is 54.6 Å². The minimum Gasteiger partial charge on any atom is -0.502 e. The number of ether oxygens (including phenoxy) is 3. The molecule has 0 atom stereocenters. The van der Waals surface area contributed by atoms with Crippen molar-refractivity contribution in [2.24, 2.45) is 0 Å². The van der Waals surface area contributed by atoms with E-state index in [1.165, 1.54) is 42.6 Å². The predicted molar refractivity (Wildman–Crippen MR) is 131 cm³/mol. The van der Waals surface area contributed by atoms with Gasteiger partial charge in [-0.3, -0.25) is 4.98 Å². The third-order valence-electron chi connectivity index (χ3n) is 4.97. The maximum atomic E-state index is 14.7. The van der Waals surface area contributed by atoms with Gasteiger partial charge >= 0.3 is 6.03 Å². The molecule has 0 aliphatic heterocycles. The Bertz CT molecular complexity index is 1440. The molecule has 8 nitrogen and oxygen atoms in total. The maximum absolute atomic E-state index is 14.7. The van der Waals surface area contributed by atoms with Crippen molar-refractivity contribution in [1.29, 1.82) is 0 Å². The highest BCUT2D eigenvalue weighted by molar-refractivity contribution is 5.99. The maximum Gasteiger partial charge on any atom is 0.323 e. The average Bonchev–Trinajstić information content (AvgIpc) is 2.87. The first kappa shape index (κ1) is 24.4. The zero-order chi connectivity index (χ0) is 25.5. The van der Waals surface area contributed by atoms with E-state index in [1.807, 2.05) is 0 Å². The van der Waals surface area contributed by atoms with Crippen molar-refractivity contribution >= 4 is 34.0 Å². The van der Waals surface area contributed by atoms with E-state index in [9.17, 15) is 13.6 Å². The molecule has 0 aliphatic rings. The molecule has 2 N–H and O–H groups in total. The minimum absolute atomic E-state index is 0.0744. The van der Waals surface area contributed by atoms with E-state index in [4.69, 9.17) is 20.8 Å². The van der Waals surface area contributed by atoms with Gasteiger partial charge in [0.15, 0.2) is 0 Å². The lowest BCUT2D eigenvalue weighted by Gasteiger charge is -2.13. The number of anilines is 2. The van der Waals surface area contributed by atoms with Crippen molar-refractivity contribution in [3.05, 3.63) is 89.9 Å². The van der Waals surface area contributed by atoms with E-state index < -0.39 is 17.7 Å². The Kier molecular flexibility index (Phi) is 7.53. The summed E-state index contributed by atoms with van der Waals surface area (Å²) in [7, 11) is 1.55. The van der Waals surface area contributed by atoms with Crippen LogP contribution in [-0.4, -0.2) is 31.3 Å². The van der Waals surface area contributed by atoms with Crippen LogP contribution in [0.2, 0.25) is 0 Å². The van der Waals surface area contributed by atoms with E-state index in [0.29, 0.717) is 34.7 Å². The summed E-state index contributed by atoms with van der Waals surface area (Å²) in [6.45, 7) is 8.12. The van der Waals surface area contributed by atoms with Gasteiger partial charge in [-0.25, -0.2) is 18.4 Å². The number of pyridine rings is 1. The lowest BCUT2D eigenvalue weighted by atomic mass is 10.1. The van der Waals surface area contributed by atoms with E-state index >= 15 is 0 Å². The summed E-state index contributed by atoms with van der Waals surface area (Å²) in [5.74, 6) is -0.252. The second-order valence-corrected chi connectivity index (χ2v) is 7.43. The van der Waals surface area contributed by atoms with Crippen molar-refractivity contribution in [3.63, 3.8) is 0 Å². The van der Waals surface area contributed by atoms with Gasteiger partial charge in [0.1, 0.15) is 35.5 Å². The molecule has 0 saturated carbocycles. The molecule has 0 fully saturated rings. The van der Waals surface area contributed by atoms with Crippen LogP contribution < -0.4 is 20.1 Å². The Hall–Kier alpha value is -4.75. The van der Waals surface area contributed by atoms with Crippen LogP contribution >= 0.6 is 0 Å². The third-order valence-corrected chi connectivity index (χ3v) is 4.97. The molecule has 2 amide bonds. The number of halogens is 2. The summed E-state index contributed by atoms with van der Waals surface area (Å²) < 4.78 is 44.1. The van der Waals surface area contributed by atoms with Gasteiger partial charge in [0, 0.05) is 30.4 Å². The normalized spacial score (nSPS) is 10.5. The lowest BCUT2D eigenvalue weighted by Crippen LogP contribution is -2.20. The number of hydrogen-bond acceptors (Lipinski definition) is 5. The summed E-state index contributed by atoms with van der Waals surface area (Å²) in [5.41, 5.74) is 1.08. The Balaban J connectivity index is 1.50. The number of hydrogen-bond donors (Lipinski definition) is 2. The highest BCUT2D eigenvalue weighted by atomic mass is 19.1. The number of amides is 2. The molecular weight excluding hydrogens is 470 g/mol. The molecule has 0 bridgehead atoms. The summed E-state index contributed by atoms with van der Waals surface area (Å²) >= 11 is 0. The van der Waals surface area contributed by atoms with E-state index in [2.05, 4.69) is 20.5 Å². The third kappa shape index (κ3) is 5.84. The van der Waals surface area contributed by atoms with E-state index in [-0.39, 0.29) is 23.7 Å². The summed E-state index contributed by atoms with van der Waals surface area (Å²) in [4.78, 5) is 20.0. The standard InChI is InChI=1S/C26H20F2N4O4/c1-29-23-14-19-22(15-25(23)35-12-11-34-2)30-10-9-24(19)36-18-7-8-21(20(28)13-18)32-26(33)31-17-5-3-16(27)4-6-17/h3-10,13-15H,11-12H2,2H3,(H2,31,32,33). The zero-order valence-corrected chi connectivity index (χ0v) is 19.0. The molecule has 0 saturated heterocycles. The minimum atomic E-state index is -0.726. The first-order valence-corrected chi connectivity index (χ1v) is 10.7. The Labute approximate surface area is 205 Å². The van der Waals surface area contributed by atoms with Gasteiger partial charge in [0.2, 0.25) is 5.69 Å². The lowest BCUT2D eigenvalue weighted by molar-refractivity contribution is 0.147. The number of carbonyl (C=O) groups is 1. The van der Waals surface area contributed by atoms with Gasteiger partial charge in [0.05, 0.1) is 24.4 Å². The molecule has 0 spiro atoms. The van der Waals surface area contributed by atoms with Crippen LogP contribution in [0.25, 0.3) is 15.7 Å². The highest BCUT2D eigenvalue weighted by Crippen LogP contribution is 2.37. The van der Waals surface area contributed by atoms with Crippen molar-refractivity contribution < 1.29 is 27.8 Å². The molecular formula is C26H20F2N4O4. The topological polar surface area (TPSA) is 86.1 Å². The van der Waals surface area contributed by atoms with Crippen LogP contribution in [0.15, 0.2) is 66.9 Å². The van der Waals surface area contributed by atoms with Gasteiger partial charge < -0.3 is 24.8 Å². The molecule has 4 rings (SSSR count). The average molecular weight is 490 g/mol. The Morgan fingerprint density at radius 3 is 2.53 bits per heavy atom. The molecule has 4 aromatic rings. The number of fused-ring (bicyclic) bond motifs is 1. The number of urea groups is 1. The van der Waals surface area contributed by atoms with Crippen LogP contribution in [0, 0.1) is 18.2 Å². The summed E-state index contributed by atoms with van der Waals surface area (Å²) in [6, 6.07) is 13.3. The second-order valence-electron chi connectivity index (χ2n) is 7.43. The number of benzene rings is 3. The fourth-order valence-electron chi connectivity index (χ4n) is 3.27. The van der Waals surface area contributed by atoms with Crippen molar-refractivity contribution in [1.82, 2.24) is 4.98 Å². The van der Waals surface area contributed by atoms with Gasteiger partial charge in [-0.15, -0.1) is 0 Å². The number of methoxy groups -OCH3 is 1. The zero-order valence-electron chi connectivity index (χ0n) is 19.0. The monoisotopic (exact) mass is 490 g/mol. The number of carbonyl (C=O) groups excluding carboxylic acids is 1. The molecule has 0 aliphatic carbocycles. The molecule has 1 aromatic heterocycles. The number of nitrogens with zero attached hydrogens (tertiary/aromatic N) is 2. The molecule has 3 aromatic carbocycles. The van der Waals surface area contributed by atoms with E-state index in [1.54, 1.807) is 25.3 Å². The molecule has 182 valence electrons. The van der Waals surface area contributed by atoms with Crippen LogP contribution in [0.1, 0.15) is 0 Å². The Morgan fingerprint density at radius 2 is 1.81 bits per heavy atom. The quantitative estimate of drug-likeness (QED) is 0.217. The van der Waals surface area contributed by atoms with Gasteiger partial charge in [0.25, 0.3) is 0 Å². The predicted octanol–water partition coefficient (Wildman–Crippen LogP) is 6.53. The van der Waals surface area contributed by atoms with Crippen LogP contribution in [-0.2, 0) is 4.74 Å². The van der Waals surface area contributed by atoms with Crippen molar-refractivity contribution in [3.8, 4) is 17.2 Å². The van der Waals surface area contributed by atoms with Gasteiger partial charge in [-0.2, -0.15) is 0 Å². The number of nitrogens with one attached hydrogen (secondary N) is 2. The number of aromatic nitrogens is 1.